The molecule has 0 saturated carbocycles. The predicted molar refractivity (Wildman–Crippen MR) is 219 cm³/mol. The number of rotatable bonds is 20. The van der Waals surface area contributed by atoms with E-state index >= 15 is 0 Å². The maximum Gasteiger partial charge on any atom is 0.311 e. The fourth-order valence-electron chi connectivity index (χ4n) is 5.63. The standard InChI is InChI=1S/C33H48O6.C14H12O3/c1-8-12-29(39-33(5,6)7)24-37-28(23-36-22-21-32(2,3)4)19-20-30(34)38-27-17-15-26(16-18-27)31(35)25-13-10-9-11-14-25;15-10-17-13-8-6-12(7-9-13)14(16)11-4-2-1-3-5-11/h9-11,13-18,28-29H,8,12,19-24H2,1-7H3;2,4-10H,1,3H2. The molecule has 2 atom stereocenters. The van der Waals surface area contributed by atoms with Crippen molar-refractivity contribution in [2.45, 2.75) is 111 Å². The largest absolute Gasteiger partial charge is 0.429 e. The lowest BCUT2D eigenvalue weighted by atomic mass is 9.93. The van der Waals surface area contributed by atoms with Gasteiger partial charge in [-0.3, -0.25) is 19.2 Å². The van der Waals surface area contributed by atoms with Crippen LogP contribution in [0.25, 0.3) is 0 Å². The summed E-state index contributed by atoms with van der Waals surface area (Å²) in [6, 6.07) is 22.3. The lowest BCUT2D eigenvalue weighted by Crippen LogP contribution is -2.33. The number of carbonyl (C=O) groups is 4. The van der Waals surface area contributed by atoms with Crippen LogP contribution in [-0.2, 0) is 23.8 Å². The Morgan fingerprint density at radius 3 is 1.93 bits per heavy atom. The third-order valence-corrected chi connectivity index (χ3v) is 8.56. The van der Waals surface area contributed by atoms with E-state index in [9.17, 15) is 19.2 Å². The zero-order valence-electron chi connectivity index (χ0n) is 34.2. The topological polar surface area (TPSA) is 114 Å². The second-order valence-corrected chi connectivity index (χ2v) is 15.9. The molecule has 0 spiro atoms. The van der Waals surface area contributed by atoms with Crippen LogP contribution in [0.2, 0.25) is 0 Å². The average molecular weight is 769 g/mol. The number of ketones is 2. The third-order valence-electron chi connectivity index (χ3n) is 8.56. The van der Waals surface area contributed by atoms with Gasteiger partial charge in [-0.15, -0.1) is 0 Å². The van der Waals surface area contributed by atoms with Crippen LogP contribution >= 0.6 is 0 Å². The van der Waals surface area contributed by atoms with Gasteiger partial charge in [-0.2, -0.15) is 0 Å². The molecular weight excluding hydrogens is 709 g/mol. The van der Waals surface area contributed by atoms with Crippen molar-refractivity contribution in [3.05, 3.63) is 119 Å². The summed E-state index contributed by atoms with van der Waals surface area (Å²) in [5.41, 5.74) is 2.41. The van der Waals surface area contributed by atoms with Gasteiger partial charge in [-0.25, -0.2) is 0 Å². The minimum absolute atomic E-state index is 0.00129. The quantitative estimate of drug-likeness (QED) is 0.0364. The SMILES string of the molecule is CCCC(COC(CCC(=O)Oc1ccc(C(=O)c2ccccc2)cc1)COCCC(C)(C)C)OC(C)(C)C.O=COc1ccc(C(=O)C2=CCCC=C2)cc1. The number of hydrogen-bond acceptors (Lipinski definition) is 9. The molecule has 0 bridgehead atoms. The van der Waals surface area contributed by atoms with Crippen molar-refractivity contribution in [3.8, 4) is 11.5 Å². The summed E-state index contributed by atoms with van der Waals surface area (Å²) in [6.07, 6.45) is 10.9. The number of Topliss-reactive ketones (excluding diaryl/α,β-unsaturated/α-hetero) is 1. The van der Waals surface area contributed by atoms with Crippen LogP contribution in [0.1, 0.15) is 120 Å². The molecule has 0 aromatic heterocycles. The van der Waals surface area contributed by atoms with E-state index in [-0.39, 0.29) is 47.2 Å². The highest BCUT2D eigenvalue weighted by molar-refractivity contribution is 6.10. The summed E-state index contributed by atoms with van der Waals surface area (Å²) in [6.45, 7) is 16.7. The first-order valence-corrected chi connectivity index (χ1v) is 19.6. The first kappa shape index (κ1) is 45.7. The molecule has 0 radical (unpaired) electrons. The number of carbonyl (C=O) groups excluding carboxylic acids is 4. The van der Waals surface area contributed by atoms with E-state index in [0.29, 0.717) is 60.9 Å². The van der Waals surface area contributed by atoms with Crippen LogP contribution in [0.15, 0.2) is 103 Å². The number of allylic oxidation sites excluding steroid dienone is 4. The van der Waals surface area contributed by atoms with Gasteiger partial charge in [-0.1, -0.05) is 82.7 Å². The van der Waals surface area contributed by atoms with Gasteiger partial charge in [0, 0.05) is 35.3 Å². The average Bonchev–Trinajstić information content (AvgIpc) is 3.17. The Morgan fingerprint density at radius 1 is 0.732 bits per heavy atom. The molecule has 0 aliphatic heterocycles. The summed E-state index contributed by atoms with van der Waals surface area (Å²) in [5, 5.41) is 0. The Kier molecular flexibility index (Phi) is 19.1. The summed E-state index contributed by atoms with van der Waals surface area (Å²) >= 11 is 0. The van der Waals surface area contributed by atoms with Crippen LogP contribution in [-0.4, -0.2) is 61.6 Å². The molecule has 1 aliphatic rings. The van der Waals surface area contributed by atoms with Crippen molar-refractivity contribution < 1.29 is 42.9 Å². The van der Waals surface area contributed by atoms with Crippen LogP contribution in [0.4, 0.5) is 0 Å². The molecule has 56 heavy (non-hydrogen) atoms. The van der Waals surface area contributed by atoms with Crippen molar-refractivity contribution in [2.24, 2.45) is 5.41 Å². The van der Waals surface area contributed by atoms with Crippen molar-refractivity contribution in [3.63, 3.8) is 0 Å². The normalized spacial score (nSPS) is 13.7. The van der Waals surface area contributed by atoms with Crippen LogP contribution < -0.4 is 9.47 Å². The zero-order valence-corrected chi connectivity index (χ0v) is 34.2. The fourth-order valence-corrected chi connectivity index (χ4v) is 5.63. The van der Waals surface area contributed by atoms with E-state index in [1.165, 1.54) is 0 Å². The molecular formula is C47H60O9. The minimum atomic E-state index is -0.350. The second kappa shape index (κ2) is 23.4. The number of benzene rings is 3. The molecule has 3 aromatic rings. The Labute approximate surface area is 333 Å². The van der Waals surface area contributed by atoms with Gasteiger partial charge in [-0.05, 0) is 107 Å². The molecule has 0 saturated heterocycles. The van der Waals surface area contributed by atoms with Crippen molar-refractivity contribution in [1.29, 1.82) is 0 Å². The minimum Gasteiger partial charge on any atom is -0.429 e. The summed E-state index contributed by atoms with van der Waals surface area (Å²) in [4.78, 5) is 47.4. The van der Waals surface area contributed by atoms with E-state index in [2.05, 4.69) is 32.4 Å². The number of esters is 1. The van der Waals surface area contributed by atoms with Gasteiger partial charge in [0.1, 0.15) is 11.5 Å². The second-order valence-electron chi connectivity index (χ2n) is 15.9. The molecule has 0 N–H and O–H groups in total. The highest BCUT2D eigenvalue weighted by atomic mass is 16.6. The number of ether oxygens (including phenoxy) is 5. The first-order valence-electron chi connectivity index (χ1n) is 19.6. The number of hydrogen-bond donors (Lipinski definition) is 0. The molecule has 9 heteroatoms. The Morgan fingerprint density at radius 2 is 1.36 bits per heavy atom. The van der Waals surface area contributed by atoms with Gasteiger partial charge in [0.05, 0.1) is 31.0 Å². The predicted octanol–water partition coefficient (Wildman–Crippen LogP) is 10.1. The maximum atomic E-state index is 12.6. The van der Waals surface area contributed by atoms with Gasteiger partial charge in [0.2, 0.25) is 0 Å². The monoisotopic (exact) mass is 768 g/mol. The molecule has 3 aromatic carbocycles. The molecule has 302 valence electrons. The van der Waals surface area contributed by atoms with E-state index in [1.807, 2.05) is 57.2 Å². The summed E-state index contributed by atoms with van der Waals surface area (Å²) in [7, 11) is 0. The molecule has 0 heterocycles. The van der Waals surface area contributed by atoms with Crippen molar-refractivity contribution >= 4 is 24.0 Å². The first-order chi connectivity index (χ1) is 26.7. The molecule has 0 amide bonds. The zero-order chi connectivity index (χ0) is 41.0. The Bertz CT molecular complexity index is 1710. The van der Waals surface area contributed by atoms with Gasteiger partial charge >= 0.3 is 5.97 Å². The smallest absolute Gasteiger partial charge is 0.311 e. The van der Waals surface area contributed by atoms with Crippen molar-refractivity contribution in [1.82, 2.24) is 0 Å². The van der Waals surface area contributed by atoms with Crippen molar-refractivity contribution in [2.75, 3.05) is 19.8 Å². The Hall–Kier alpha value is -4.70. The van der Waals surface area contributed by atoms with Gasteiger partial charge in [0.15, 0.2) is 11.6 Å². The van der Waals surface area contributed by atoms with E-state index in [1.54, 1.807) is 60.7 Å². The molecule has 4 rings (SSSR count). The van der Waals surface area contributed by atoms with Gasteiger partial charge < -0.3 is 23.7 Å². The highest BCUT2D eigenvalue weighted by Crippen LogP contribution is 2.21. The summed E-state index contributed by atoms with van der Waals surface area (Å²) in [5.74, 6) is 0.418. The lowest BCUT2D eigenvalue weighted by molar-refractivity contribution is -0.137. The Balaban J connectivity index is 0.000000408. The molecule has 0 fully saturated rings. The van der Waals surface area contributed by atoms with Crippen LogP contribution in [0.5, 0.6) is 11.5 Å². The fraction of sp³-hybridized carbons (Fsp3) is 0.447. The third kappa shape index (κ3) is 17.8. The molecule has 2 unspecified atom stereocenters. The van der Waals surface area contributed by atoms with Crippen LogP contribution in [0.3, 0.4) is 0 Å². The maximum absolute atomic E-state index is 12.6. The van der Waals surface area contributed by atoms with E-state index < -0.39 is 0 Å². The molecule has 9 nitrogen and oxygen atoms in total. The lowest BCUT2D eigenvalue weighted by Gasteiger charge is -2.29. The van der Waals surface area contributed by atoms with Crippen LogP contribution in [0, 0.1) is 5.41 Å². The van der Waals surface area contributed by atoms with E-state index in [0.717, 1.165) is 37.7 Å². The summed E-state index contributed by atoms with van der Waals surface area (Å²) < 4.78 is 28.5. The van der Waals surface area contributed by atoms with E-state index in [4.69, 9.17) is 18.9 Å². The van der Waals surface area contributed by atoms with Gasteiger partial charge in [0.25, 0.3) is 6.47 Å². The highest BCUT2D eigenvalue weighted by Gasteiger charge is 2.22. The molecule has 1 aliphatic carbocycles.